The summed E-state index contributed by atoms with van der Waals surface area (Å²) >= 11 is 0.998. The summed E-state index contributed by atoms with van der Waals surface area (Å²) in [4.78, 5) is 15.2. The van der Waals surface area contributed by atoms with E-state index < -0.39 is 5.97 Å². The number of ether oxygens (including phenoxy) is 2. The molecule has 0 spiro atoms. The molecule has 1 fully saturated rings. The lowest BCUT2D eigenvalue weighted by molar-refractivity contribution is 0.0691. The van der Waals surface area contributed by atoms with Gasteiger partial charge in [-0.05, 0) is 25.7 Å². The van der Waals surface area contributed by atoms with Crippen LogP contribution in [0.1, 0.15) is 41.8 Å². The van der Waals surface area contributed by atoms with Crippen LogP contribution >= 0.6 is 11.3 Å². The first kappa shape index (κ1) is 12.2. The van der Waals surface area contributed by atoms with Crippen LogP contribution in [-0.4, -0.2) is 29.3 Å². The number of carbonyl (C=O) groups is 1. The first-order chi connectivity index (χ1) is 8.20. The van der Waals surface area contributed by atoms with Gasteiger partial charge in [-0.15, -0.1) is 0 Å². The lowest BCUT2D eigenvalue weighted by Crippen LogP contribution is -2.20. The van der Waals surface area contributed by atoms with E-state index in [1.807, 2.05) is 0 Å². The zero-order valence-electron chi connectivity index (χ0n) is 9.64. The molecule has 5 nitrogen and oxygen atoms in total. The average Bonchev–Trinajstić information content (AvgIpc) is 2.74. The standard InChI is InChI=1S/C11H15NO4S/c1-15-11-12-9(8(17-11)10(13)14)16-7-5-3-2-4-6-7/h7H,2-6H2,1H3,(H,13,14). The molecule has 0 bridgehead atoms. The van der Waals surface area contributed by atoms with Gasteiger partial charge >= 0.3 is 5.97 Å². The second kappa shape index (κ2) is 5.35. The Kier molecular flexibility index (Phi) is 3.83. The molecule has 0 amide bonds. The lowest BCUT2D eigenvalue weighted by atomic mass is 9.98. The quantitative estimate of drug-likeness (QED) is 0.897. The Balaban J connectivity index is 2.12. The van der Waals surface area contributed by atoms with Crippen molar-refractivity contribution in [2.75, 3.05) is 7.11 Å². The van der Waals surface area contributed by atoms with Gasteiger partial charge in [0.05, 0.1) is 7.11 Å². The Morgan fingerprint density at radius 3 is 2.71 bits per heavy atom. The molecule has 1 aromatic rings. The van der Waals surface area contributed by atoms with E-state index in [0.717, 1.165) is 37.0 Å². The number of nitrogens with zero attached hydrogens (tertiary/aromatic N) is 1. The highest BCUT2D eigenvalue weighted by molar-refractivity contribution is 7.15. The van der Waals surface area contributed by atoms with Gasteiger partial charge in [0.15, 0.2) is 4.88 Å². The van der Waals surface area contributed by atoms with Gasteiger partial charge in [0.25, 0.3) is 5.19 Å². The van der Waals surface area contributed by atoms with Crippen LogP contribution in [-0.2, 0) is 0 Å². The molecule has 1 aliphatic rings. The number of aromatic nitrogens is 1. The molecule has 0 radical (unpaired) electrons. The number of rotatable bonds is 4. The number of methoxy groups -OCH3 is 1. The van der Waals surface area contributed by atoms with Crippen LogP contribution in [0.2, 0.25) is 0 Å². The van der Waals surface area contributed by atoms with Gasteiger partial charge in [-0.1, -0.05) is 17.8 Å². The van der Waals surface area contributed by atoms with Crippen LogP contribution in [0.5, 0.6) is 11.1 Å². The maximum absolute atomic E-state index is 11.0. The molecule has 1 heterocycles. The van der Waals surface area contributed by atoms with E-state index in [0.29, 0.717) is 5.19 Å². The molecule has 2 rings (SSSR count). The molecule has 0 aliphatic heterocycles. The summed E-state index contributed by atoms with van der Waals surface area (Å²) < 4.78 is 10.6. The van der Waals surface area contributed by atoms with Crippen molar-refractivity contribution in [3.8, 4) is 11.1 Å². The third-order valence-electron chi connectivity index (χ3n) is 2.78. The summed E-state index contributed by atoms with van der Waals surface area (Å²) in [5.41, 5.74) is 0. The highest BCUT2D eigenvalue weighted by Crippen LogP contribution is 2.33. The van der Waals surface area contributed by atoms with Crippen molar-refractivity contribution < 1.29 is 19.4 Å². The van der Waals surface area contributed by atoms with Crippen molar-refractivity contribution in [1.29, 1.82) is 0 Å². The van der Waals surface area contributed by atoms with Crippen LogP contribution in [0.25, 0.3) is 0 Å². The molecule has 1 aromatic heterocycles. The van der Waals surface area contributed by atoms with Crippen molar-refractivity contribution in [2.24, 2.45) is 0 Å². The van der Waals surface area contributed by atoms with Gasteiger partial charge in [0, 0.05) is 0 Å². The van der Waals surface area contributed by atoms with Crippen molar-refractivity contribution in [3.05, 3.63) is 4.88 Å². The monoisotopic (exact) mass is 257 g/mol. The molecule has 1 aliphatic carbocycles. The number of hydrogen-bond acceptors (Lipinski definition) is 5. The van der Waals surface area contributed by atoms with Gasteiger partial charge in [-0.25, -0.2) is 4.79 Å². The number of carboxylic acids is 1. The molecule has 1 saturated carbocycles. The van der Waals surface area contributed by atoms with Crippen LogP contribution in [0.15, 0.2) is 0 Å². The maximum Gasteiger partial charge on any atom is 0.351 e. The highest BCUT2D eigenvalue weighted by Gasteiger charge is 2.23. The molecule has 6 heteroatoms. The second-order valence-corrected chi connectivity index (χ2v) is 4.96. The average molecular weight is 257 g/mol. The summed E-state index contributed by atoms with van der Waals surface area (Å²) in [5.74, 6) is -0.817. The predicted molar refractivity (Wildman–Crippen MR) is 63.1 cm³/mol. The van der Waals surface area contributed by atoms with Gasteiger partial charge in [0.1, 0.15) is 6.10 Å². The number of aromatic carboxylic acids is 1. The fourth-order valence-electron chi connectivity index (χ4n) is 1.93. The van der Waals surface area contributed by atoms with Crippen molar-refractivity contribution >= 4 is 17.3 Å². The summed E-state index contributed by atoms with van der Waals surface area (Å²) in [6.45, 7) is 0. The minimum absolute atomic E-state index is 0.0913. The second-order valence-electron chi connectivity index (χ2n) is 4.00. The molecule has 0 atom stereocenters. The minimum atomic E-state index is -1.02. The predicted octanol–water partition coefficient (Wildman–Crippen LogP) is 2.56. The first-order valence-electron chi connectivity index (χ1n) is 5.65. The van der Waals surface area contributed by atoms with Gasteiger partial charge < -0.3 is 14.6 Å². The summed E-state index contributed by atoms with van der Waals surface area (Å²) in [6, 6.07) is 0. The zero-order valence-corrected chi connectivity index (χ0v) is 10.5. The van der Waals surface area contributed by atoms with Crippen LogP contribution in [0, 0.1) is 0 Å². The number of carboxylic acid groups (broad SMARTS) is 1. The molecule has 94 valence electrons. The van der Waals surface area contributed by atoms with E-state index in [4.69, 9.17) is 14.6 Å². The first-order valence-corrected chi connectivity index (χ1v) is 6.47. The van der Waals surface area contributed by atoms with E-state index in [1.54, 1.807) is 0 Å². The molecule has 0 unspecified atom stereocenters. The van der Waals surface area contributed by atoms with E-state index >= 15 is 0 Å². The van der Waals surface area contributed by atoms with Crippen molar-refractivity contribution in [1.82, 2.24) is 4.98 Å². The maximum atomic E-state index is 11.0. The summed E-state index contributed by atoms with van der Waals surface area (Å²) in [5, 5.41) is 9.37. The minimum Gasteiger partial charge on any atom is -0.477 e. The molecule has 0 saturated heterocycles. The molecule has 1 N–H and O–H groups in total. The lowest BCUT2D eigenvalue weighted by Gasteiger charge is -2.21. The summed E-state index contributed by atoms with van der Waals surface area (Å²) in [7, 11) is 1.47. The SMILES string of the molecule is COc1nc(OC2CCCCC2)c(C(=O)O)s1. The van der Waals surface area contributed by atoms with E-state index in [9.17, 15) is 4.79 Å². The van der Waals surface area contributed by atoms with Gasteiger partial charge in [0.2, 0.25) is 5.88 Å². The van der Waals surface area contributed by atoms with Gasteiger partial charge in [-0.2, -0.15) is 4.98 Å². The van der Waals surface area contributed by atoms with Crippen LogP contribution in [0.4, 0.5) is 0 Å². The molecule has 17 heavy (non-hydrogen) atoms. The van der Waals surface area contributed by atoms with Crippen molar-refractivity contribution in [3.63, 3.8) is 0 Å². The van der Waals surface area contributed by atoms with E-state index in [-0.39, 0.29) is 16.9 Å². The number of thiazole rings is 1. The Labute approximate surface area is 103 Å². The normalized spacial score (nSPS) is 16.8. The Morgan fingerprint density at radius 1 is 1.41 bits per heavy atom. The van der Waals surface area contributed by atoms with Gasteiger partial charge in [-0.3, -0.25) is 0 Å². The highest BCUT2D eigenvalue weighted by atomic mass is 32.1. The smallest absolute Gasteiger partial charge is 0.351 e. The third kappa shape index (κ3) is 2.88. The molecule has 0 aromatic carbocycles. The Bertz CT molecular complexity index is 398. The Morgan fingerprint density at radius 2 is 2.12 bits per heavy atom. The van der Waals surface area contributed by atoms with E-state index in [1.165, 1.54) is 13.5 Å². The number of hydrogen-bond donors (Lipinski definition) is 1. The van der Waals surface area contributed by atoms with Crippen LogP contribution < -0.4 is 9.47 Å². The van der Waals surface area contributed by atoms with Crippen molar-refractivity contribution in [2.45, 2.75) is 38.2 Å². The fourth-order valence-corrected chi connectivity index (χ4v) is 2.59. The third-order valence-corrected chi connectivity index (χ3v) is 3.76. The Hall–Kier alpha value is -1.30. The summed E-state index contributed by atoms with van der Waals surface area (Å²) in [6.07, 6.45) is 5.53. The largest absolute Gasteiger partial charge is 0.477 e. The topological polar surface area (TPSA) is 68.7 Å². The molecular formula is C11H15NO4S. The van der Waals surface area contributed by atoms with Crippen LogP contribution in [0.3, 0.4) is 0 Å². The zero-order chi connectivity index (χ0) is 12.3. The molecular weight excluding hydrogens is 242 g/mol. The fraction of sp³-hybridized carbons (Fsp3) is 0.636. The van der Waals surface area contributed by atoms with E-state index in [2.05, 4.69) is 4.98 Å².